The minimum absolute atomic E-state index is 0.758. The number of fused-ring (bicyclic) bond motifs is 3. The zero-order valence-electron chi connectivity index (χ0n) is 23.6. The Morgan fingerprint density at radius 1 is 0.366 bits per heavy atom. The molecule has 0 nitrogen and oxygen atoms in total. The highest BCUT2D eigenvalue weighted by molar-refractivity contribution is 6.44. The first kappa shape index (κ1) is 25.4. The van der Waals surface area contributed by atoms with E-state index in [2.05, 4.69) is 129 Å². The van der Waals surface area contributed by atoms with E-state index in [1.54, 1.807) is 0 Å². The quantitative estimate of drug-likeness (QED) is 0.162. The van der Waals surface area contributed by atoms with Crippen molar-refractivity contribution in [3.05, 3.63) is 132 Å². The van der Waals surface area contributed by atoms with E-state index < -0.39 is 0 Å². The van der Waals surface area contributed by atoms with E-state index >= 15 is 0 Å². The molecule has 4 radical (unpaired) electrons. The first-order valence-corrected chi connectivity index (χ1v) is 14.1. The zero-order chi connectivity index (χ0) is 28.2. The Balaban J connectivity index is 1.48. The average Bonchev–Trinajstić information content (AvgIpc) is 3.02. The summed E-state index contributed by atoms with van der Waals surface area (Å²) in [4.78, 5) is 0. The van der Waals surface area contributed by atoms with Gasteiger partial charge in [-0.2, -0.15) is 0 Å². The molecule has 0 amide bonds. The van der Waals surface area contributed by atoms with Crippen LogP contribution in [0.25, 0.3) is 65.7 Å². The highest BCUT2D eigenvalue weighted by Crippen LogP contribution is 2.44. The molecule has 0 heterocycles. The second-order valence-corrected chi connectivity index (χ2v) is 11.1. The van der Waals surface area contributed by atoms with Gasteiger partial charge in [0.2, 0.25) is 0 Å². The summed E-state index contributed by atoms with van der Waals surface area (Å²) in [5, 5.41) is 7.32. The summed E-state index contributed by atoms with van der Waals surface area (Å²) in [6.07, 6.45) is 0. The number of hydrogen-bond acceptors (Lipinski definition) is 0. The monoisotopic (exact) mass is 518 g/mol. The van der Waals surface area contributed by atoms with Gasteiger partial charge in [0.05, 0.1) is 0 Å². The van der Waals surface area contributed by atoms with Crippen LogP contribution in [0.4, 0.5) is 0 Å². The standard InChI is InChI=1S/C39H28B2/c1-23-24(2)38(40)25(3)39(41)35(23)37-33-14-8-6-12-31(33)36(32-13-7-9-15-34(32)37)28-19-16-27(17-20-28)30-21-18-26-10-4-5-11-29(26)22-30/h4-22H,1-3H3. The lowest BCUT2D eigenvalue weighted by molar-refractivity contribution is 1.35. The van der Waals surface area contributed by atoms with E-state index in [1.807, 2.05) is 6.92 Å². The van der Waals surface area contributed by atoms with Crippen molar-refractivity contribution in [3.63, 3.8) is 0 Å². The first-order valence-electron chi connectivity index (χ1n) is 14.1. The van der Waals surface area contributed by atoms with Gasteiger partial charge in [0, 0.05) is 0 Å². The maximum atomic E-state index is 6.84. The Morgan fingerprint density at radius 3 is 1.46 bits per heavy atom. The van der Waals surface area contributed by atoms with Crippen molar-refractivity contribution >= 4 is 58.9 Å². The molecular formula is C39H28B2. The Morgan fingerprint density at radius 2 is 0.854 bits per heavy atom. The van der Waals surface area contributed by atoms with Crippen molar-refractivity contribution < 1.29 is 0 Å². The zero-order valence-corrected chi connectivity index (χ0v) is 23.6. The van der Waals surface area contributed by atoms with Crippen LogP contribution in [-0.2, 0) is 0 Å². The SMILES string of the molecule is [B]c1c(C)c([B])c(-c2c3ccccc3c(-c3ccc(-c4ccc5ccccc5c4)cc3)c3ccccc23)c(C)c1C. The Bertz CT molecular complexity index is 2050. The second-order valence-electron chi connectivity index (χ2n) is 11.1. The molecule has 0 unspecified atom stereocenters. The lowest BCUT2D eigenvalue weighted by Gasteiger charge is -2.24. The maximum Gasteiger partial charge on any atom is 0.115 e. The molecule has 7 aromatic rings. The van der Waals surface area contributed by atoms with Crippen LogP contribution < -0.4 is 10.9 Å². The number of rotatable bonds is 3. The van der Waals surface area contributed by atoms with Gasteiger partial charge in [-0.1, -0.05) is 131 Å². The van der Waals surface area contributed by atoms with Crippen molar-refractivity contribution in [2.24, 2.45) is 0 Å². The van der Waals surface area contributed by atoms with Gasteiger partial charge in [0.25, 0.3) is 0 Å². The largest absolute Gasteiger partial charge is 0.115 e. The lowest BCUT2D eigenvalue weighted by Crippen LogP contribution is -2.26. The summed E-state index contributed by atoms with van der Waals surface area (Å²) in [6, 6.07) is 41.6. The minimum atomic E-state index is 0.758. The normalized spacial score (nSPS) is 11.5. The Kier molecular flexibility index (Phi) is 6.09. The van der Waals surface area contributed by atoms with Crippen molar-refractivity contribution in [1.29, 1.82) is 0 Å². The third kappa shape index (κ3) is 4.01. The van der Waals surface area contributed by atoms with E-state index in [9.17, 15) is 0 Å². The molecule has 0 spiro atoms. The number of hydrogen-bond donors (Lipinski definition) is 0. The maximum absolute atomic E-state index is 6.84. The molecule has 0 N–H and O–H groups in total. The Labute approximate surface area is 244 Å². The average molecular weight is 518 g/mol. The van der Waals surface area contributed by atoms with Crippen LogP contribution in [0, 0.1) is 20.8 Å². The molecule has 7 aromatic carbocycles. The fourth-order valence-corrected chi connectivity index (χ4v) is 6.43. The molecule has 0 fully saturated rings. The molecule has 190 valence electrons. The summed E-state index contributed by atoms with van der Waals surface area (Å²) in [5.41, 5.74) is 11.8. The van der Waals surface area contributed by atoms with Crippen molar-refractivity contribution in [2.75, 3.05) is 0 Å². The smallest absolute Gasteiger partial charge is 0.0912 e. The van der Waals surface area contributed by atoms with E-state index in [0.717, 1.165) is 33.2 Å². The van der Waals surface area contributed by atoms with Crippen molar-refractivity contribution in [1.82, 2.24) is 0 Å². The van der Waals surface area contributed by atoms with E-state index in [-0.39, 0.29) is 0 Å². The van der Waals surface area contributed by atoms with Gasteiger partial charge in [0.1, 0.15) is 15.7 Å². The highest BCUT2D eigenvalue weighted by Gasteiger charge is 2.20. The summed E-state index contributed by atoms with van der Waals surface area (Å²) >= 11 is 0. The predicted molar refractivity (Wildman–Crippen MR) is 180 cm³/mol. The van der Waals surface area contributed by atoms with Gasteiger partial charge >= 0.3 is 0 Å². The van der Waals surface area contributed by atoms with Gasteiger partial charge in [-0.05, 0) is 98.1 Å². The van der Waals surface area contributed by atoms with Crippen LogP contribution >= 0.6 is 0 Å². The Hall–Kier alpha value is -4.55. The molecule has 0 aliphatic heterocycles. The molecular weight excluding hydrogens is 490 g/mol. The number of benzene rings is 7. The molecule has 41 heavy (non-hydrogen) atoms. The second kappa shape index (κ2) is 9.82. The van der Waals surface area contributed by atoms with Crippen molar-refractivity contribution in [2.45, 2.75) is 20.8 Å². The molecule has 0 aliphatic carbocycles. The predicted octanol–water partition coefficient (Wildman–Crippen LogP) is 8.66. The van der Waals surface area contributed by atoms with Crippen LogP contribution in [-0.4, -0.2) is 15.7 Å². The van der Waals surface area contributed by atoms with Gasteiger partial charge in [-0.3, -0.25) is 0 Å². The molecule has 7 rings (SSSR count). The van der Waals surface area contributed by atoms with Crippen LogP contribution in [0.2, 0.25) is 0 Å². The highest BCUT2D eigenvalue weighted by atomic mass is 14.2. The van der Waals surface area contributed by atoms with E-state index in [0.29, 0.717) is 0 Å². The van der Waals surface area contributed by atoms with Crippen LogP contribution in [0.15, 0.2) is 115 Å². The van der Waals surface area contributed by atoms with Gasteiger partial charge in [-0.15, -0.1) is 0 Å². The molecule has 0 saturated heterocycles. The summed E-state index contributed by atoms with van der Waals surface area (Å²) in [5.74, 6) is 0. The lowest BCUT2D eigenvalue weighted by atomic mass is 9.71. The van der Waals surface area contributed by atoms with Crippen molar-refractivity contribution in [3.8, 4) is 33.4 Å². The fraction of sp³-hybridized carbons (Fsp3) is 0.0769. The summed E-state index contributed by atoms with van der Waals surface area (Å²) < 4.78 is 0. The fourth-order valence-electron chi connectivity index (χ4n) is 6.43. The third-order valence-corrected chi connectivity index (χ3v) is 8.86. The van der Waals surface area contributed by atoms with Gasteiger partial charge in [0.15, 0.2) is 0 Å². The summed E-state index contributed by atoms with van der Waals surface area (Å²) in [7, 11) is 13.3. The molecule has 0 bridgehead atoms. The first-order chi connectivity index (χ1) is 19.9. The van der Waals surface area contributed by atoms with Crippen LogP contribution in [0.3, 0.4) is 0 Å². The van der Waals surface area contributed by atoms with Crippen LogP contribution in [0.5, 0.6) is 0 Å². The molecule has 2 heteroatoms. The van der Waals surface area contributed by atoms with E-state index in [4.69, 9.17) is 15.7 Å². The topological polar surface area (TPSA) is 0 Å². The van der Waals surface area contributed by atoms with Crippen LogP contribution in [0.1, 0.15) is 16.7 Å². The third-order valence-electron chi connectivity index (χ3n) is 8.86. The van der Waals surface area contributed by atoms with Gasteiger partial charge < -0.3 is 0 Å². The van der Waals surface area contributed by atoms with Gasteiger partial charge in [-0.25, -0.2) is 0 Å². The molecule has 0 atom stereocenters. The molecule has 0 aromatic heterocycles. The minimum Gasteiger partial charge on any atom is -0.0912 e. The summed E-state index contributed by atoms with van der Waals surface area (Å²) in [6.45, 7) is 6.26. The molecule has 0 aliphatic rings. The molecule has 0 saturated carbocycles. The van der Waals surface area contributed by atoms with E-state index in [1.165, 1.54) is 60.1 Å².